The first-order valence-electron chi connectivity index (χ1n) is 4.72. The van der Waals surface area contributed by atoms with Gasteiger partial charge in [-0.15, -0.1) is 11.6 Å². The number of pyridine rings is 1. The second kappa shape index (κ2) is 4.10. The first-order chi connectivity index (χ1) is 8.06. The van der Waals surface area contributed by atoms with Gasteiger partial charge < -0.3 is 15.2 Å². The molecule has 0 spiro atoms. The third-order valence-corrected chi connectivity index (χ3v) is 2.75. The van der Waals surface area contributed by atoms with Gasteiger partial charge in [0.25, 0.3) is 5.56 Å². The van der Waals surface area contributed by atoms with Gasteiger partial charge in [-0.25, -0.2) is 4.79 Å². The van der Waals surface area contributed by atoms with Gasteiger partial charge in [0.2, 0.25) is 0 Å². The van der Waals surface area contributed by atoms with Crippen LogP contribution >= 0.6 is 11.6 Å². The van der Waals surface area contributed by atoms with Crippen LogP contribution in [0.1, 0.15) is 15.9 Å². The van der Waals surface area contributed by atoms with Crippen molar-refractivity contribution in [3.63, 3.8) is 0 Å². The SMILES string of the molecule is O=C(O)c1c(O)c2c(CCl)cccc2[nH]c1=O. The zero-order valence-corrected chi connectivity index (χ0v) is 9.28. The lowest BCUT2D eigenvalue weighted by Crippen LogP contribution is -2.17. The van der Waals surface area contributed by atoms with Crippen molar-refractivity contribution in [3.8, 4) is 5.75 Å². The van der Waals surface area contributed by atoms with E-state index in [1.54, 1.807) is 18.2 Å². The summed E-state index contributed by atoms with van der Waals surface area (Å²) < 4.78 is 0. The molecule has 0 radical (unpaired) electrons. The zero-order valence-electron chi connectivity index (χ0n) is 8.53. The Morgan fingerprint density at radius 2 is 2.12 bits per heavy atom. The summed E-state index contributed by atoms with van der Waals surface area (Å²) in [5.74, 6) is -1.92. The molecule has 0 bridgehead atoms. The molecule has 1 aromatic carbocycles. The minimum Gasteiger partial charge on any atom is -0.506 e. The molecule has 0 aliphatic heterocycles. The quantitative estimate of drug-likeness (QED) is 0.710. The highest BCUT2D eigenvalue weighted by Crippen LogP contribution is 2.29. The number of rotatable bonds is 2. The van der Waals surface area contributed by atoms with Crippen LogP contribution in [-0.4, -0.2) is 21.2 Å². The fourth-order valence-electron chi connectivity index (χ4n) is 1.71. The molecule has 2 rings (SSSR count). The van der Waals surface area contributed by atoms with Crippen molar-refractivity contribution in [2.45, 2.75) is 5.88 Å². The standard InChI is InChI=1S/C11H8ClNO4/c12-4-5-2-1-3-6-7(5)9(14)8(11(16)17)10(15)13-6/h1-3H,4H2,(H,16,17)(H2,13,14,15). The number of hydrogen-bond donors (Lipinski definition) is 3. The number of benzene rings is 1. The van der Waals surface area contributed by atoms with Crippen LogP contribution in [0.25, 0.3) is 10.9 Å². The average molecular weight is 254 g/mol. The summed E-state index contributed by atoms with van der Waals surface area (Å²) in [4.78, 5) is 24.7. The highest BCUT2D eigenvalue weighted by Gasteiger charge is 2.19. The van der Waals surface area contributed by atoms with E-state index in [0.29, 0.717) is 11.1 Å². The lowest BCUT2D eigenvalue weighted by molar-refractivity contribution is 0.0692. The lowest BCUT2D eigenvalue weighted by atomic mass is 10.1. The maximum Gasteiger partial charge on any atom is 0.345 e. The Morgan fingerprint density at radius 1 is 1.41 bits per heavy atom. The smallest absolute Gasteiger partial charge is 0.345 e. The lowest BCUT2D eigenvalue weighted by Gasteiger charge is -2.07. The Bertz CT molecular complexity index is 662. The fraction of sp³-hybridized carbons (Fsp3) is 0.0909. The number of aromatic hydroxyl groups is 1. The first kappa shape index (κ1) is 11.5. The summed E-state index contributed by atoms with van der Waals surface area (Å²) in [7, 11) is 0. The summed E-state index contributed by atoms with van der Waals surface area (Å²) in [6, 6.07) is 4.88. The molecule has 0 saturated carbocycles. The first-order valence-corrected chi connectivity index (χ1v) is 5.25. The Morgan fingerprint density at radius 3 is 2.71 bits per heavy atom. The van der Waals surface area contributed by atoms with Crippen LogP contribution in [0, 0.1) is 0 Å². The molecule has 2 aromatic rings. The number of carboxylic acid groups (broad SMARTS) is 1. The molecule has 0 aliphatic carbocycles. The van der Waals surface area contributed by atoms with Gasteiger partial charge in [0.05, 0.1) is 5.52 Å². The molecule has 1 heterocycles. The summed E-state index contributed by atoms with van der Waals surface area (Å²) >= 11 is 5.70. The van der Waals surface area contributed by atoms with Crippen LogP contribution in [0.5, 0.6) is 5.75 Å². The summed E-state index contributed by atoms with van der Waals surface area (Å²) in [6.45, 7) is 0. The van der Waals surface area contributed by atoms with Crippen LogP contribution in [-0.2, 0) is 5.88 Å². The topological polar surface area (TPSA) is 90.4 Å². The average Bonchev–Trinajstić information content (AvgIpc) is 2.27. The number of halogens is 1. The van der Waals surface area contributed by atoms with Crippen molar-refractivity contribution >= 4 is 28.5 Å². The van der Waals surface area contributed by atoms with E-state index < -0.39 is 22.8 Å². The van der Waals surface area contributed by atoms with E-state index in [-0.39, 0.29) is 11.3 Å². The van der Waals surface area contributed by atoms with Crippen LogP contribution in [0.2, 0.25) is 0 Å². The minimum atomic E-state index is -1.48. The van der Waals surface area contributed by atoms with Crippen molar-refractivity contribution in [2.24, 2.45) is 0 Å². The molecule has 1 aromatic heterocycles. The summed E-state index contributed by atoms with van der Waals surface area (Å²) in [5, 5.41) is 19.0. The van der Waals surface area contributed by atoms with Crippen molar-refractivity contribution in [1.29, 1.82) is 0 Å². The molecular weight excluding hydrogens is 246 g/mol. The number of carboxylic acids is 1. The second-order valence-electron chi connectivity index (χ2n) is 3.46. The monoisotopic (exact) mass is 253 g/mol. The molecule has 0 fully saturated rings. The number of aromatic carboxylic acids is 1. The van der Waals surface area contributed by atoms with Gasteiger partial charge in [-0.05, 0) is 11.6 Å². The Balaban J connectivity index is 2.99. The van der Waals surface area contributed by atoms with Gasteiger partial charge in [-0.1, -0.05) is 12.1 Å². The predicted octanol–water partition coefficient (Wildman–Crippen LogP) is 1.67. The molecule has 88 valence electrons. The molecular formula is C11H8ClNO4. The number of H-pyrrole nitrogens is 1. The van der Waals surface area contributed by atoms with Gasteiger partial charge >= 0.3 is 5.97 Å². The van der Waals surface area contributed by atoms with Gasteiger partial charge in [0.1, 0.15) is 5.75 Å². The van der Waals surface area contributed by atoms with Crippen LogP contribution in [0.4, 0.5) is 0 Å². The predicted molar refractivity (Wildman–Crippen MR) is 62.7 cm³/mol. The number of alkyl halides is 1. The molecule has 0 aliphatic rings. The van der Waals surface area contributed by atoms with Crippen molar-refractivity contribution < 1.29 is 15.0 Å². The molecule has 0 unspecified atom stereocenters. The van der Waals surface area contributed by atoms with E-state index >= 15 is 0 Å². The third kappa shape index (κ3) is 1.74. The summed E-state index contributed by atoms with van der Waals surface area (Å²) in [6.07, 6.45) is 0. The maximum absolute atomic E-state index is 11.5. The van der Waals surface area contributed by atoms with E-state index in [9.17, 15) is 14.7 Å². The van der Waals surface area contributed by atoms with E-state index in [4.69, 9.17) is 16.7 Å². The fourth-order valence-corrected chi connectivity index (χ4v) is 1.93. The number of aromatic nitrogens is 1. The molecule has 0 saturated heterocycles. The Hall–Kier alpha value is -2.01. The minimum absolute atomic E-state index is 0.107. The van der Waals surface area contributed by atoms with Crippen LogP contribution < -0.4 is 5.56 Å². The molecule has 3 N–H and O–H groups in total. The third-order valence-electron chi connectivity index (χ3n) is 2.46. The number of fused-ring (bicyclic) bond motifs is 1. The summed E-state index contributed by atoms with van der Waals surface area (Å²) in [5.41, 5.74) is -0.597. The van der Waals surface area contributed by atoms with Crippen LogP contribution in [0.3, 0.4) is 0 Å². The van der Waals surface area contributed by atoms with Gasteiger partial charge in [0, 0.05) is 11.3 Å². The number of nitrogens with one attached hydrogen (secondary N) is 1. The largest absolute Gasteiger partial charge is 0.506 e. The maximum atomic E-state index is 11.5. The van der Waals surface area contributed by atoms with Crippen molar-refractivity contribution in [3.05, 3.63) is 39.7 Å². The van der Waals surface area contributed by atoms with Gasteiger partial charge in [-0.2, -0.15) is 0 Å². The van der Waals surface area contributed by atoms with E-state index in [0.717, 1.165) is 0 Å². The van der Waals surface area contributed by atoms with Crippen molar-refractivity contribution in [1.82, 2.24) is 4.98 Å². The molecule has 5 nitrogen and oxygen atoms in total. The van der Waals surface area contributed by atoms with E-state index in [1.165, 1.54) is 0 Å². The highest BCUT2D eigenvalue weighted by atomic mass is 35.5. The van der Waals surface area contributed by atoms with Gasteiger partial charge in [-0.3, -0.25) is 4.79 Å². The molecule has 17 heavy (non-hydrogen) atoms. The van der Waals surface area contributed by atoms with Crippen molar-refractivity contribution in [2.75, 3.05) is 0 Å². The number of hydrogen-bond acceptors (Lipinski definition) is 3. The molecule has 0 amide bonds. The molecule has 0 atom stereocenters. The van der Waals surface area contributed by atoms with E-state index in [2.05, 4.69) is 4.98 Å². The highest BCUT2D eigenvalue weighted by molar-refractivity contribution is 6.18. The second-order valence-corrected chi connectivity index (χ2v) is 3.72. The normalized spacial score (nSPS) is 10.6. The molecule has 6 heteroatoms. The van der Waals surface area contributed by atoms with Crippen LogP contribution in [0.15, 0.2) is 23.0 Å². The zero-order chi connectivity index (χ0) is 12.6. The Kier molecular flexibility index (Phi) is 2.77. The van der Waals surface area contributed by atoms with E-state index in [1.807, 2.05) is 0 Å². The number of aromatic amines is 1. The number of carbonyl (C=O) groups is 1. The Labute approximate surface area is 100 Å². The van der Waals surface area contributed by atoms with Gasteiger partial charge in [0.15, 0.2) is 5.56 Å².